The van der Waals surface area contributed by atoms with Crippen molar-refractivity contribution in [1.82, 2.24) is 0 Å². The van der Waals surface area contributed by atoms with Crippen molar-refractivity contribution in [3.05, 3.63) is 57.6 Å². The number of amides is 1. The van der Waals surface area contributed by atoms with Crippen LogP contribution in [0.3, 0.4) is 0 Å². The maximum atomic E-state index is 12.1. The van der Waals surface area contributed by atoms with Crippen LogP contribution in [0.1, 0.15) is 20.7 Å². The molecule has 0 saturated carbocycles. The molecule has 0 bridgehead atoms. The van der Waals surface area contributed by atoms with Crippen molar-refractivity contribution in [2.24, 2.45) is 0 Å². The van der Waals surface area contributed by atoms with Gasteiger partial charge in [0.25, 0.3) is 5.91 Å². The van der Waals surface area contributed by atoms with Crippen LogP contribution in [0.4, 0.5) is 5.69 Å². The van der Waals surface area contributed by atoms with Crippen molar-refractivity contribution < 1.29 is 19.4 Å². The monoisotopic (exact) mass is 339 g/mol. The van der Waals surface area contributed by atoms with Crippen molar-refractivity contribution in [2.75, 3.05) is 12.4 Å². The summed E-state index contributed by atoms with van der Waals surface area (Å²) in [6.45, 7) is 0. The molecule has 5 nitrogen and oxygen atoms in total. The van der Waals surface area contributed by atoms with Gasteiger partial charge in [0, 0.05) is 16.7 Å². The topological polar surface area (TPSA) is 75.6 Å². The number of nitrogens with one attached hydrogen (secondary N) is 1. The Hall–Kier alpha value is -2.24. The molecule has 0 saturated heterocycles. The quantitative estimate of drug-likeness (QED) is 0.884. The Labute approximate surface area is 136 Å². The van der Waals surface area contributed by atoms with Crippen molar-refractivity contribution in [3.63, 3.8) is 0 Å². The van der Waals surface area contributed by atoms with Crippen LogP contribution in [-0.2, 0) is 0 Å². The highest BCUT2D eigenvalue weighted by Crippen LogP contribution is 2.31. The molecule has 114 valence electrons. The number of halogens is 2. The van der Waals surface area contributed by atoms with E-state index in [1.54, 1.807) is 24.3 Å². The molecule has 0 heterocycles. The first-order chi connectivity index (χ1) is 10.4. The Morgan fingerprint density at radius 3 is 2.32 bits per heavy atom. The summed E-state index contributed by atoms with van der Waals surface area (Å²) in [5.41, 5.74) is 0.558. The van der Waals surface area contributed by atoms with E-state index in [2.05, 4.69) is 5.32 Å². The smallest absolute Gasteiger partial charge is 0.339 e. The summed E-state index contributed by atoms with van der Waals surface area (Å²) in [4.78, 5) is 23.2. The van der Waals surface area contributed by atoms with Gasteiger partial charge in [0.2, 0.25) is 0 Å². The number of aromatic carboxylic acids is 1. The summed E-state index contributed by atoms with van der Waals surface area (Å²) in [6, 6.07) is 8.89. The zero-order valence-electron chi connectivity index (χ0n) is 11.4. The minimum atomic E-state index is -1.17. The third-order valence-electron chi connectivity index (χ3n) is 2.87. The molecule has 0 atom stereocenters. The predicted octanol–water partition coefficient (Wildman–Crippen LogP) is 3.95. The number of ether oxygens (including phenoxy) is 1. The Morgan fingerprint density at radius 2 is 1.77 bits per heavy atom. The van der Waals surface area contributed by atoms with Gasteiger partial charge < -0.3 is 15.2 Å². The number of hydrogen-bond donors (Lipinski definition) is 2. The van der Waals surface area contributed by atoms with E-state index in [1.165, 1.54) is 19.2 Å². The fraction of sp³-hybridized carbons (Fsp3) is 0.0667. The first kappa shape index (κ1) is 16.1. The Balaban J connectivity index is 2.31. The summed E-state index contributed by atoms with van der Waals surface area (Å²) in [5, 5.41) is 12.3. The minimum absolute atomic E-state index is 0.0861. The van der Waals surface area contributed by atoms with Crippen LogP contribution >= 0.6 is 23.2 Å². The van der Waals surface area contributed by atoms with Gasteiger partial charge in [-0.3, -0.25) is 4.79 Å². The summed E-state index contributed by atoms with van der Waals surface area (Å²) in [6.07, 6.45) is 0. The lowest BCUT2D eigenvalue weighted by molar-refractivity contribution is 0.0693. The van der Waals surface area contributed by atoms with Crippen LogP contribution in [0.25, 0.3) is 0 Å². The number of carbonyl (C=O) groups excluding carboxylic acids is 1. The SMILES string of the molecule is COc1cc(NC(=O)c2ccc(Cl)cc2)c(Cl)cc1C(=O)O. The molecule has 0 aliphatic rings. The lowest BCUT2D eigenvalue weighted by atomic mass is 10.1. The Kier molecular flexibility index (Phi) is 4.90. The molecular weight excluding hydrogens is 329 g/mol. The highest BCUT2D eigenvalue weighted by atomic mass is 35.5. The van der Waals surface area contributed by atoms with Gasteiger partial charge in [0.1, 0.15) is 11.3 Å². The molecular formula is C15H11Cl2NO4. The number of methoxy groups -OCH3 is 1. The van der Waals surface area contributed by atoms with Crippen molar-refractivity contribution in [3.8, 4) is 5.75 Å². The predicted molar refractivity (Wildman–Crippen MR) is 84.4 cm³/mol. The average Bonchev–Trinajstić information content (AvgIpc) is 2.49. The molecule has 0 unspecified atom stereocenters. The zero-order valence-corrected chi connectivity index (χ0v) is 12.9. The fourth-order valence-corrected chi connectivity index (χ4v) is 2.12. The van der Waals surface area contributed by atoms with Gasteiger partial charge in [-0.2, -0.15) is 0 Å². The molecule has 2 aromatic rings. The minimum Gasteiger partial charge on any atom is -0.496 e. The van der Waals surface area contributed by atoms with Gasteiger partial charge in [-0.1, -0.05) is 23.2 Å². The number of rotatable bonds is 4. The first-order valence-electron chi connectivity index (χ1n) is 6.10. The van der Waals surface area contributed by atoms with Crippen LogP contribution in [-0.4, -0.2) is 24.1 Å². The normalized spacial score (nSPS) is 10.1. The second-order valence-electron chi connectivity index (χ2n) is 4.30. The van der Waals surface area contributed by atoms with E-state index in [-0.39, 0.29) is 22.0 Å². The Bertz CT molecular complexity index is 729. The van der Waals surface area contributed by atoms with Crippen molar-refractivity contribution in [2.45, 2.75) is 0 Å². The molecule has 0 aliphatic heterocycles. The zero-order chi connectivity index (χ0) is 16.3. The van der Waals surface area contributed by atoms with Crippen LogP contribution in [0.5, 0.6) is 5.75 Å². The average molecular weight is 340 g/mol. The summed E-state index contributed by atoms with van der Waals surface area (Å²) in [5.74, 6) is -1.47. The molecule has 22 heavy (non-hydrogen) atoms. The van der Waals surface area contributed by atoms with Crippen LogP contribution in [0.15, 0.2) is 36.4 Å². The number of benzene rings is 2. The molecule has 0 radical (unpaired) electrons. The number of anilines is 1. The maximum absolute atomic E-state index is 12.1. The van der Waals surface area contributed by atoms with E-state index in [4.69, 9.17) is 33.0 Å². The second kappa shape index (κ2) is 6.68. The fourth-order valence-electron chi connectivity index (χ4n) is 1.78. The largest absolute Gasteiger partial charge is 0.496 e. The molecule has 0 aromatic heterocycles. The third kappa shape index (κ3) is 3.50. The first-order valence-corrected chi connectivity index (χ1v) is 6.85. The lowest BCUT2D eigenvalue weighted by Gasteiger charge is -2.11. The van der Waals surface area contributed by atoms with Crippen molar-refractivity contribution >= 4 is 40.8 Å². The number of carboxylic acids is 1. The van der Waals surface area contributed by atoms with E-state index in [1.807, 2.05) is 0 Å². The van der Waals surface area contributed by atoms with E-state index < -0.39 is 11.9 Å². The number of hydrogen-bond acceptors (Lipinski definition) is 3. The van der Waals surface area contributed by atoms with Crippen LogP contribution in [0.2, 0.25) is 10.0 Å². The molecule has 0 fully saturated rings. The van der Waals surface area contributed by atoms with E-state index >= 15 is 0 Å². The van der Waals surface area contributed by atoms with Crippen LogP contribution in [0, 0.1) is 0 Å². The highest BCUT2D eigenvalue weighted by molar-refractivity contribution is 6.34. The second-order valence-corrected chi connectivity index (χ2v) is 5.14. The van der Waals surface area contributed by atoms with E-state index in [9.17, 15) is 9.59 Å². The molecule has 0 aliphatic carbocycles. The standard InChI is InChI=1S/C15H11Cl2NO4/c1-22-13-7-12(11(17)6-10(13)15(20)21)18-14(19)8-2-4-9(16)5-3-8/h2-7H,1H3,(H,18,19)(H,20,21). The summed E-state index contributed by atoms with van der Waals surface area (Å²) >= 11 is 11.8. The highest BCUT2D eigenvalue weighted by Gasteiger charge is 2.16. The van der Waals surface area contributed by atoms with Crippen molar-refractivity contribution in [1.29, 1.82) is 0 Å². The molecule has 2 rings (SSSR count). The molecule has 0 spiro atoms. The number of carboxylic acid groups (broad SMARTS) is 1. The molecule has 2 N–H and O–H groups in total. The van der Waals surface area contributed by atoms with Gasteiger partial charge in [-0.15, -0.1) is 0 Å². The van der Waals surface area contributed by atoms with Gasteiger partial charge in [0.05, 0.1) is 17.8 Å². The summed E-state index contributed by atoms with van der Waals surface area (Å²) in [7, 11) is 1.33. The molecule has 1 amide bonds. The van der Waals surface area contributed by atoms with Gasteiger partial charge in [-0.05, 0) is 30.3 Å². The number of carbonyl (C=O) groups is 2. The van der Waals surface area contributed by atoms with Gasteiger partial charge >= 0.3 is 5.97 Å². The van der Waals surface area contributed by atoms with E-state index in [0.29, 0.717) is 10.6 Å². The Morgan fingerprint density at radius 1 is 1.14 bits per heavy atom. The third-order valence-corrected chi connectivity index (χ3v) is 3.44. The summed E-state index contributed by atoms with van der Waals surface area (Å²) < 4.78 is 5.00. The van der Waals surface area contributed by atoms with E-state index in [0.717, 1.165) is 0 Å². The van der Waals surface area contributed by atoms with Crippen LogP contribution < -0.4 is 10.1 Å². The maximum Gasteiger partial charge on any atom is 0.339 e. The van der Waals surface area contributed by atoms with Gasteiger partial charge in [0.15, 0.2) is 0 Å². The lowest BCUT2D eigenvalue weighted by Crippen LogP contribution is -2.13. The molecule has 7 heteroatoms. The molecule has 2 aromatic carbocycles. The van der Waals surface area contributed by atoms with Gasteiger partial charge in [-0.25, -0.2) is 4.79 Å².